The fourth-order valence-corrected chi connectivity index (χ4v) is 2.63. The lowest BCUT2D eigenvalue weighted by Crippen LogP contribution is -2.16. The molecule has 0 unspecified atom stereocenters. The predicted molar refractivity (Wildman–Crippen MR) is 66.9 cm³/mol. The summed E-state index contributed by atoms with van der Waals surface area (Å²) in [6.45, 7) is 2.63. The van der Waals surface area contributed by atoms with Gasteiger partial charge in [-0.25, -0.2) is 9.89 Å². The Hall–Kier alpha value is -0.230. The molecule has 0 aliphatic carbocycles. The molecule has 1 N–H and O–H groups in total. The van der Waals surface area contributed by atoms with Gasteiger partial charge in [0.25, 0.3) is 0 Å². The summed E-state index contributed by atoms with van der Waals surface area (Å²) in [6.07, 6.45) is 3.60. The Morgan fingerprint density at radius 2 is 2.27 bits per heavy atom. The topological polar surface area (TPSA) is 50.7 Å². The van der Waals surface area contributed by atoms with E-state index >= 15 is 0 Å². The average molecular weight is 294 g/mol. The fourth-order valence-electron chi connectivity index (χ4n) is 1.23. The highest BCUT2D eigenvalue weighted by molar-refractivity contribution is 9.09. The van der Waals surface area contributed by atoms with Crippen LogP contribution in [-0.4, -0.2) is 25.8 Å². The van der Waals surface area contributed by atoms with Crippen molar-refractivity contribution in [1.29, 1.82) is 0 Å². The predicted octanol–water partition coefficient (Wildman–Crippen LogP) is 2.25. The number of nitrogens with zero attached hydrogens (tertiary/aromatic N) is 2. The van der Waals surface area contributed by atoms with E-state index in [1.807, 2.05) is 6.92 Å². The molecular formula is C9H16BrN3OS. The molecule has 0 bridgehead atoms. The van der Waals surface area contributed by atoms with Gasteiger partial charge in [-0.3, -0.25) is 4.57 Å². The maximum absolute atomic E-state index is 11.2. The minimum Gasteiger partial charge on any atom is -0.270 e. The molecule has 6 heteroatoms. The van der Waals surface area contributed by atoms with E-state index in [-0.39, 0.29) is 5.69 Å². The largest absolute Gasteiger partial charge is 0.343 e. The lowest BCUT2D eigenvalue weighted by atomic mass is 10.3. The van der Waals surface area contributed by atoms with Gasteiger partial charge >= 0.3 is 5.69 Å². The van der Waals surface area contributed by atoms with Crippen LogP contribution in [0.2, 0.25) is 0 Å². The number of H-pyrrole nitrogens is 1. The minimum atomic E-state index is -0.111. The van der Waals surface area contributed by atoms with Crippen LogP contribution in [0.15, 0.2) is 9.95 Å². The van der Waals surface area contributed by atoms with Crippen LogP contribution in [0.5, 0.6) is 0 Å². The second-order valence-corrected chi connectivity index (χ2v) is 5.01. The summed E-state index contributed by atoms with van der Waals surface area (Å²) in [6, 6.07) is 0. The van der Waals surface area contributed by atoms with Crippen molar-refractivity contribution < 1.29 is 0 Å². The molecule has 1 aromatic heterocycles. The van der Waals surface area contributed by atoms with Crippen molar-refractivity contribution in [2.45, 2.75) is 37.9 Å². The maximum atomic E-state index is 11.2. The van der Waals surface area contributed by atoms with Gasteiger partial charge in [-0.15, -0.1) is 5.10 Å². The Kier molecular flexibility index (Phi) is 6.09. The molecule has 0 aromatic carbocycles. The van der Waals surface area contributed by atoms with Gasteiger partial charge in [0, 0.05) is 17.6 Å². The van der Waals surface area contributed by atoms with Crippen molar-refractivity contribution in [3.8, 4) is 0 Å². The molecule has 0 aliphatic heterocycles. The van der Waals surface area contributed by atoms with Crippen molar-refractivity contribution in [1.82, 2.24) is 14.8 Å². The second-order valence-electron chi connectivity index (χ2n) is 3.15. The summed E-state index contributed by atoms with van der Waals surface area (Å²) in [5.74, 6) is 1.03. The summed E-state index contributed by atoms with van der Waals surface area (Å²) in [5.41, 5.74) is -0.111. The standard InChI is InChI=1S/C9H16BrN3OS/c1-2-13-8(14)11-12-9(13)15-7-5-3-4-6-10/h2-7H2,1H3,(H,11,14). The molecule has 15 heavy (non-hydrogen) atoms. The molecule has 1 aromatic rings. The third kappa shape index (κ3) is 4.03. The summed E-state index contributed by atoms with van der Waals surface area (Å²) < 4.78 is 1.66. The normalized spacial score (nSPS) is 10.8. The molecular weight excluding hydrogens is 278 g/mol. The number of unbranched alkanes of at least 4 members (excludes halogenated alkanes) is 2. The molecule has 0 atom stereocenters. The van der Waals surface area contributed by atoms with E-state index in [1.54, 1.807) is 16.3 Å². The van der Waals surface area contributed by atoms with Crippen LogP contribution in [0.3, 0.4) is 0 Å². The maximum Gasteiger partial charge on any atom is 0.343 e. The quantitative estimate of drug-likeness (QED) is 0.477. The molecule has 0 aliphatic rings. The summed E-state index contributed by atoms with van der Waals surface area (Å²) in [7, 11) is 0. The number of thioether (sulfide) groups is 1. The van der Waals surface area contributed by atoms with Crippen molar-refractivity contribution in [2.24, 2.45) is 0 Å². The molecule has 1 heterocycles. The lowest BCUT2D eigenvalue weighted by molar-refractivity contribution is 0.659. The number of rotatable bonds is 7. The molecule has 1 rings (SSSR count). The monoisotopic (exact) mass is 293 g/mol. The van der Waals surface area contributed by atoms with Crippen LogP contribution in [0.25, 0.3) is 0 Å². The number of nitrogens with one attached hydrogen (secondary N) is 1. The van der Waals surface area contributed by atoms with E-state index in [0.29, 0.717) is 6.54 Å². The van der Waals surface area contributed by atoms with Crippen LogP contribution in [-0.2, 0) is 6.54 Å². The van der Waals surface area contributed by atoms with Crippen LogP contribution in [0.4, 0.5) is 0 Å². The van der Waals surface area contributed by atoms with Crippen molar-refractivity contribution in [3.63, 3.8) is 0 Å². The number of halogens is 1. The molecule has 0 amide bonds. The lowest BCUT2D eigenvalue weighted by Gasteiger charge is -2.01. The average Bonchev–Trinajstić information content (AvgIpc) is 2.59. The Morgan fingerprint density at radius 3 is 2.93 bits per heavy atom. The van der Waals surface area contributed by atoms with Crippen LogP contribution in [0.1, 0.15) is 26.2 Å². The van der Waals surface area contributed by atoms with Gasteiger partial charge in [0.2, 0.25) is 0 Å². The number of hydrogen-bond donors (Lipinski definition) is 1. The Morgan fingerprint density at radius 1 is 1.47 bits per heavy atom. The Labute approximate surface area is 102 Å². The van der Waals surface area contributed by atoms with E-state index in [4.69, 9.17) is 0 Å². The first-order valence-electron chi connectivity index (χ1n) is 5.13. The van der Waals surface area contributed by atoms with Crippen molar-refractivity contribution in [2.75, 3.05) is 11.1 Å². The molecule has 0 saturated carbocycles. The first-order chi connectivity index (χ1) is 7.29. The summed E-state index contributed by atoms with van der Waals surface area (Å²) in [4.78, 5) is 11.2. The van der Waals surface area contributed by atoms with Crippen molar-refractivity contribution in [3.05, 3.63) is 10.5 Å². The van der Waals surface area contributed by atoms with E-state index in [0.717, 1.165) is 16.2 Å². The molecule has 86 valence electrons. The number of aromatic nitrogens is 3. The third-order valence-electron chi connectivity index (χ3n) is 2.05. The first kappa shape index (κ1) is 12.8. The molecule has 0 spiro atoms. The van der Waals surface area contributed by atoms with Gasteiger partial charge in [-0.2, -0.15) is 0 Å². The zero-order chi connectivity index (χ0) is 11.1. The van der Waals surface area contributed by atoms with Gasteiger partial charge in [-0.1, -0.05) is 34.1 Å². The zero-order valence-corrected chi connectivity index (χ0v) is 11.2. The Balaban J connectivity index is 2.34. The summed E-state index contributed by atoms with van der Waals surface area (Å²) in [5, 5.41) is 8.33. The highest BCUT2D eigenvalue weighted by Gasteiger charge is 2.05. The highest BCUT2D eigenvalue weighted by Crippen LogP contribution is 2.15. The van der Waals surface area contributed by atoms with Gasteiger partial charge in [0.1, 0.15) is 0 Å². The summed E-state index contributed by atoms with van der Waals surface area (Å²) >= 11 is 5.05. The minimum absolute atomic E-state index is 0.111. The van der Waals surface area contributed by atoms with Crippen LogP contribution >= 0.6 is 27.7 Å². The van der Waals surface area contributed by atoms with Crippen LogP contribution in [0, 0.1) is 0 Å². The second kappa shape index (κ2) is 7.11. The van der Waals surface area contributed by atoms with E-state index in [1.165, 1.54) is 19.3 Å². The number of alkyl halides is 1. The Bertz CT molecular complexity index is 336. The highest BCUT2D eigenvalue weighted by atomic mass is 79.9. The molecule has 4 nitrogen and oxygen atoms in total. The van der Waals surface area contributed by atoms with Gasteiger partial charge in [0.05, 0.1) is 0 Å². The van der Waals surface area contributed by atoms with E-state index < -0.39 is 0 Å². The van der Waals surface area contributed by atoms with E-state index in [2.05, 4.69) is 26.1 Å². The third-order valence-corrected chi connectivity index (χ3v) is 3.67. The SMILES string of the molecule is CCn1c(SCCCCCBr)n[nH]c1=O. The smallest absolute Gasteiger partial charge is 0.270 e. The number of aromatic amines is 1. The van der Waals surface area contributed by atoms with Gasteiger partial charge in [-0.05, 0) is 19.8 Å². The van der Waals surface area contributed by atoms with Gasteiger partial charge < -0.3 is 0 Å². The molecule has 0 fully saturated rings. The van der Waals surface area contributed by atoms with E-state index in [9.17, 15) is 4.79 Å². The fraction of sp³-hybridized carbons (Fsp3) is 0.778. The molecule has 0 radical (unpaired) electrons. The van der Waals surface area contributed by atoms with Crippen molar-refractivity contribution >= 4 is 27.7 Å². The van der Waals surface area contributed by atoms with Gasteiger partial charge in [0.15, 0.2) is 5.16 Å². The zero-order valence-electron chi connectivity index (χ0n) is 8.83. The molecule has 0 saturated heterocycles. The first-order valence-corrected chi connectivity index (χ1v) is 7.24. The number of hydrogen-bond acceptors (Lipinski definition) is 3. The van der Waals surface area contributed by atoms with Crippen LogP contribution < -0.4 is 5.69 Å².